The standard InChI is InChI=1S/C14H16N2O2S/c17-13-8-19-12-2-1-10(7-11(12)16-13)14(18)9-3-5-15-6-4-9/h1-2,7,9,15H,3-6,8H2,(H,16,17). The molecule has 4 nitrogen and oxygen atoms in total. The molecule has 2 aliphatic rings. The number of anilines is 1. The molecule has 0 spiro atoms. The number of benzene rings is 1. The molecule has 100 valence electrons. The van der Waals surface area contributed by atoms with Crippen LogP contribution in [0.3, 0.4) is 0 Å². The van der Waals surface area contributed by atoms with E-state index in [-0.39, 0.29) is 17.6 Å². The topological polar surface area (TPSA) is 58.2 Å². The van der Waals surface area contributed by atoms with Crippen molar-refractivity contribution < 1.29 is 9.59 Å². The summed E-state index contributed by atoms with van der Waals surface area (Å²) in [5.74, 6) is 0.776. The van der Waals surface area contributed by atoms with Gasteiger partial charge in [-0.3, -0.25) is 9.59 Å². The lowest BCUT2D eigenvalue weighted by atomic mass is 9.89. The van der Waals surface area contributed by atoms with Gasteiger partial charge in [-0.25, -0.2) is 0 Å². The molecule has 1 fully saturated rings. The molecular weight excluding hydrogens is 260 g/mol. The highest BCUT2D eigenvalue weighted by Gasteiger charge is 2.24. The number of carbonyl (C=O) groups excluding carboxylic acids is 2. The molecule has 0 radical (unpaired) electrons. The summed E-state index contributed by atoms with van der Waals surface area (Å²) >= 11 is 1.52. The van der Waals surface area contributed by atoms with Crippen LogP contribution in [-0.4, -0.2) is 30.5 Å². The average molecular weight is 276 g/mol. The molecular formula is C14H16N2O2S. The highest BCUT2D eigenvalue weighted by atomic mass is 32.2. The van der Waals surface area contributed by atoms with Gasteiger partial charge in [0.15, 0.2) is 5.78 Å². The molecule has 0 bridgehead atoms. The molecule has 1 saturated heterocycles. The van der Waals surface area contributed by atoms with Gasteiger partial charge in [0.2, 0.25) is 5.91 Å². The second kappa shape index (κ2) is 5.35. The monoisotopic (exact) mass is 276 g/mol. The average Bonchev–Trinajstić information content (AvgIpc) is 2.46. The van der Waals surface area contributed by atoms with E-state index in [1.54, 1.807) is 0 Å². The first-order valence-electron chi connectivity index (χ1n) is 6.55. The number of ketones is 1. The highest BCUT2D eigenvalue weighted by Crippen LogP contribution is 2.33. The smallest absolute Gasteiger partial charge is 0.234 e. The van der Waals surface area contributed by atoms with Crippen molar-refractivity contribution in [1.29, 1.82) is 0 Å². The minimum absolute atomic E-state index is 0.00367. The number of thioether (sulfide) groups is 1. The van der Waals surface area contributed by atoms with E-state index in [9.17, 15) is 9.59 Å². The Bertz CT molecular complexity index is 524. The summed E-state index contributed by atoms with van der Waals surface area (Å²) in [4.78, 5) is 24.8. The number of nitrogens with one attached hydrogen (secondary N) is 2. The lowest BCUT2D eigenvalue weighted by Crippen LogP contribution is -2.32. The third kappa shape index (κ3) is 2.67. The van der Waals surface area contributed by atoms with Gasteiger partial charge in [0, 0.05) is 16.4 Å². The van der Waals surface area contributed by atoms with Gasteiger partial charge in [-0.1, -0.05) is 6.07 Å². The van der Waals surface area contributed by atoms with Crippen LogP contribution in [0.4, 0.5) is 5.69 Å². The van der Waals surface area contributed by atoms with Crippen molar-refractivity contribution in [1.82, 2.24) is 5.32 Å². The zero-order valence-electron chi connectivity index (χ0n) is 10.6. The SMILES string of the molecule is O=C1CSc2ccc(C(=O)C3CCNCC3)cc2N1. The summed E-state index contributed by atoms with van der Waals surface area (Å²) in [6.07, 6.45) is 1.80. The van der Waals surface area contributed by atoms with Crippen molar-refractivity contribution in [2.45, 2.75) is 17.7 Å². The maximum atomic E-state index is 12.4. The first-order chi connectivity index (χ1) is 9.24. The van der Waals surface area contributed by atoms with E-state index in [0.29, 0.717) is 11.3 Å². The van der Waals surface area contributed by atoms with Crippen LogP contribution in [0, 0.1) is 5.92 Å². The number of rotatable bonds is 2. The van der Waals surface area contributed by atoms with Crippen molar-refractivity contribution in [3.63, 3.8) is 0 Å². The predicted molar refractivity (Wildman–Crippen MR) is 75.7 cm³/mol. The molecule has 0 saturated carbocycles. The number of hydrogen-bond acceptors (Lipinski definition) is 4. The number of Topliss-reactive ketones (excluding diaryl/α,β-unsaturated/α-hetero) is 1. The Kier molecular flexibility index (Phi) is 3.57. The molecule has 1 aromatic carbocycles. The van der Waals surface area contributed by atoms with Crippen LogP contribution >= 0.6 is 11.8 Å². The lowest BCUT2D eigenvalue weighted by Gasteiger charge is -2.22. The Morgan fingerprint density at radius 2 is 2.05 bits per heavy atom. The number of amides is 1. The molecule has 0 aliphatic carbocycles. The van der Waals surface area contributed by atoms with Crippen molar-refractivity contribution in [3.8, 4) is 0 Å². The van der Waals surface area contributed by atoms with Gasteiger partial charge in [-0.15, -0.1) is 11.8 Å². The molecule has 5 heteroatoms. The Morgan fingerprint density at radius 3 is 2.84 bits per heavy atom. The largest absolute Gasteiger partial charge is 0.324 e. The van der Waals surface area contributed by atoms with Crippen LogP contribution in [0.25, 0.3) is 0 Å². The van der Waals surface area contributed by atoms with E-state index in [0.717, 1.165) is 36.5 Å². The van der Waals surface area contributed by atoms with Crippen LogP contribution in [0.5, 0.6) is 0 Å². The number of fused-ring (bicyclic) bond motifs is 1. The third-order valence-corrected chi connectivity index (χ3v) is 4.68. The lowest BCUT2D eigenvalue weighted by molar-refractivity contribution is -0.113. The van der Waals surface area contributed by atoms with Gasteiger partial charge in [0.1, 0.15) is 0 Å². The fourth-order valence-corrected chi connectivity index (χ4v) is 3.34. The fraction of sp³-hybridized carbons (Fsp3) is 0.429. The Morgan fingerprint density at radius 1 is 1.26 bits per heavy atom. The molecule has 1 aromatic rings. The van der Waals surface area contributed by atoms with E-state index in [4.69, 9.17) is 0 Å². The molecule has 2 heterocycles. The quantitative estimate of drug-likeness (QED) is 0.810. The molecule has 0 atom stereocenters. The first kappa shape index (κ1) is 12.7. The van der Waals surface area contributed by atoms with Gasteiger partial charge in [0.25, 0.3) is 0 Å². The molecule has 0 aromatic heterocycles. The van der Waals surface area contributed by atoms with Gasteiger partial charge in [0.05, 0.1) is 11.4 Å². The van der Waals surface area contributed by atoms with Crippen LogP contribution in [0.1, 0.15) is 23.2 Å². The van der Waals surface area contributed by atoms with E-state index >= 15 is 0 Å². The van der Waals surface area contributed by atoms with E-state index in [2.05, 4.69) is 10.6 Å². The van der Waals surface area contributed by atoms with Gasteiger partial charge in [-0.05, 0) is 38.1 Å². The Balaban J connectivity index is 1.83. The minimum atomic E-state index is 0.00367. The summed E-state index contributed by atoms with van der Waals surface area (Å²) < 4.78 is 0. The minimum Gasteiger partial charge on any atom is -0.324 e. The zero-order valence-corrected chi connectivity index (χ0v) is 11.4. The first-order valence-corrected chi connectivity index (χ1v) is 7.54. The van der Waals surface area contributed by atoms with Gasteiger partial charge < -0.3 is 10.6 Å². The Hall–Kier alpha value is -1.33. The maximum absolute atomic E-state index is 12.4. The van der Waals surface area contributed by atoms with Crippen LogP contribution in [0.2, 0.25) is 0 Å². The van der Waals surface area contributed by atoms with Gasteiger partial charge >= 0.3 is 0 Å². The van der Waals surface area contributed by atoms with Crippen molar-refractivity contribution >= 4 is 29.1 Å². The zero-order chi connectivity index (χ0) is 13.2. The summed E-state index contributed by atoms with van der Waals surface area (Å²) in [6.45, 7) is 1.82. The maximum Gasteiger partial charge on any atom is 0.234 e. The summed E-state index contributed by atoms with van der Waals surface area (Å²) in [5.41, 5.74) is 1.49. The summed E-state index contributed by atoms with van der Waals surface area (Å²) in [7, 11) is 0. The molecule has 1 amide bonds. The molecule has 3 rings (SSSR count). The summed E-state index contributed by atoms with van der Waals surface area (Å²) in [6, 6.07) is 5.64. The Labute approximate surface area is 116 Å². The number of piperidine rings is 1. The van der Waals surface area contributed by atoms with Crippen molar-refractivity contribution in [3.05, 3.63) is 23.8 Å². The van der Waals surface area contributed by atoms with Crippen molar-refractivity contribution in [2.24, 2.45) is 5.92 Å². The predicted octanol–water partition coefficient (Wildman–Crippen LogP) is 1.91. The molecule has 19 heavy (non-hydrogen) atoms. The van der Waals surface area contributed by atoms with Crippen LogP contribution < -0.4 is 10.6 Å². The van der Waals surface area contributed by atoms with E-state index in [1.807, 2.05) is 18.2 Å². The number of carbonyl (C=O) groups is 2. The highest BCUT2D eigenvalue weighted by molar-refractivity contribution is 8.00. The van der Waals surface area contributed by atoms with E-state index in [1.165, 1.54) is 11.8 Å². The fourth-order valence-electron chi connectivity index (χ4n) is 2.56. The molecule has 2 aliphatic heterocycles. The van der Waals surface area contributed by atoms with Gasteiger partial charge in [-0.2, -0.15) is 0 Å². The molecule has 2 N–H and O–H groups in total. The normalized spacial score (nSPS) is 19.7. The van der Waals surface area contributed by atoms with E-state index < -0.39 is 0 Å². The number of hydrogen-bond donors (Lipinski definition) is 2. The van der Waals surface area contributed by atoms with Crippen LogP contribution in [-0.2, 0) is 4.79 Å². The second-order valence-corrected chi connectivity index (χ2v) is 5.95. The molecule has 0 unspecified atom stereocenters. The summed E-state index contributed by atoms with van der Waals surface area (Å²) in [5, 5.41) is 6.10. The second-order valence-electron chi connectivity index (χ2n) is 4.94. The third-order valence-electron chi connectivity index (χ3n) is 3.61. The van der Waals surface area contributed by atoms with Crippen LogP contribution in [0.15, 0.2) is 23.1 Å². The van der Waals surface area contributed by atoms with Crippen molar-refractivity contribution in [2.75, 3.05) is 24.2 Å².